The maximum Gasteiger partial charge on any atom is 0.237 e. The predicted molar refractivity (Wildman–Crippen MR) is 65.3 cm³/mol. The maximum atomic E-state index is 11.2. The van der Waals surface area contributed by atoms with Crippen LogP contribution in [0.1, 0.15) is 19.8 Å². The van der Waals surface area contributed by atoms with E-state index in [4.69, 9.17) is 10.5 Å². The van der Waals surface area contributed by atoms with Crippen LogP contribution in [-0.2, 0) is 9.53 Å². The summed E-state index contributed by atoms with van der Waals surface area (Å²) in [6.07, 6.45) is 1.68. The van der Waals surface area contributed by atoms with Gasteiger partial charge < -0.3 is 20.7 Å². The van der Waals surface area contributed by atoms with Crippen LogP contribution in [0.2, 0.25) is 0 Å². The Kier molecular flexibility index (Phi) is 7.29. The molecule has 1 atom stereocenters. The number of hydrogen-bond acceptors (Lipinski definition) is 4. The van der Waals surface area contributed by atoms with Crippen molar-refractivity contribution < 1.29 is 9.53 Å². The first-order chi connectivity index (χ1) is 7.46. The van der Waals surface area contributed by atoms with E-state index in [1.54, 1.807) is 14.2 Å². The predicted octanol–water partition coefficient (Wildman–Crippen LogP) is -0.192. The molecule has 0 saturated heterocycles. The van der Waals surface area contributed by atoms with Crippen molar-refractivity contribution in [3.05, 3.63) is 0 Å². The zero-order chi connectivity index (χ0) is 12.6. The van der Waals surface area contributed by atoms with Gasteiger partial charge in [0.1, 0.15) is 0 Å². The number of nitrogens with two attached hydrogens (primary N) is 1. The first-order valence-corrected chi connectivity index (χ1v) is 5.62. The molecule has 0 fully saturated rings. The van der Waals surface area contributed by atoms with Crippen LogP contribution in [0.5, 0.6) is 0 Å². The zero-order valence-electron chi connectivity index (χ0n) is 10.9. The van der Waals surface area contributed by atoms with Gasteiger partial charge in [-0.15, -0.1) is 0 Å². The fraction of sp³-hybridized carbons (Fsp3) is 0.909. The molecule has 0 aromatic heterocycles. The third-order valence-electron chi connectivity index (χ3n) is 2.99. The third-order valence-corrected chi connectivity index (χ3v) is 2.99. The van der Waals surface area contributed by atoms with Crippen molar-refractivity contribution in [3.63, 3.8) is 0 Å². The van der Waals surface area contributed by atoms with E-state index in [-0.39, 0.29) is 5.91 Å². The highest BCUT2D eigenvalue weighted by molar-refractivity contribution is 5.84. The number of rotatable bonds is 9. The normalized spacial score (nSPS) is 15.1. The molecular formula is C11H25N3O2. The summed E-state index contributed by atoms with van der Waals surface area (Å²) in [5, 5.41) is 2.98. The Morgan fingerprint density at radius 1 is 1.50 bits per heavy atom. The van der Waals surface area contributed by atoms with Gasteiger partial charge in [-0.05, 0) is 40.4 Å². The molecule has 0 aliphatic carbocycles. The molecule has 16 heavy (non-hydrogen) atoms. The largest absolute Gasteiger partial charge is 0.383 e. The van der Waals surface area contributed by atoms with E-state index in [2.05, 4.69) is 10.2 Å². The van der Waals surface area contributed by atoms with E-state index in [0.29, 0.717) is 0 Å². The molecule has 5 nitrogen and oxygen atoms in total. The number of carbonyl (C=O) groups is 1. The minimum Gasteiger partial charge on any atom is -0.383 e. The molecule has 0 aliphatic heterocycles. The number of hydrogen-bond donors (Lipinski definition) is 2. The summed E-state index contributed by atoms with van der Waals surface area (Å²) in [6, 6.07) is 0. The highest BCUT2D eigenvalue weighted by Gasteiger charge is 2.28. The van der Waals surface area contributed by atoms with E-state index >= 15 is 0 Å². The topological polar surface area (TPSA) is 67.6 Å². The smallest absolute Gasteiger partial charge is 0.237 e. The van der Waals surface area contributed by atoms with Gasteiger partial charge in [0.2, 0.25) is 5.91 Å². The molecular weight excluding hydrogens is 206 g/mol. The SMILES string of the molecule is CNC(C)(CCCN(C)CCOC)C(N)=O. The molecule has 0 aromatic carbocycles. The number of nitrogens with one attached hydrogen (secondary N) is 1. The monoisotopic (exact) mass is 231 g/mol. The van der Waals surface area contributed by atoms with Crippen LogP contribution in [0.15, 0.2) is 0 Å². The third kappa shape index (κ3) is 5.44. The lowest BCUT2D eigenvalue weighted by atomic mass is 9.95. The van der Waals surface area contributed by atoms with Crippen LogP contribution in [-0.4, -0.2) is 57.2 Å². The summed E-state index contributed by atoms with van der Waals surface area (Å²) in [6.45, 7) is 4.41. The summed E-state index contributed by atoms with van der Waals surface area (Å²) < 4.78 is 4.99. The quantitative estimate of drug-likeness (QED) is 0.577. The number of methoxy groups -OCH3 is 1. The van der Waals surface area contributed by atoms with Crippen molar-refractivity contribution >= 4 is 5.91 Å². The highest BCUT2D eigenvalue weighted by Crippen LogP contribution is 2.11. The number of amides is 1. The fourth-order valence-electron chi connectivity index (χ4n) is 1.43. The Morgan fingerprint density at radius 2 is 2.12 bits per heavy atom. The Balaban J connectivity index is 3.82. The van der Waals surface area contributed by atoms with Crippen molar-refractivity contribution in [2.45, 2.75) is 25.3 Å². The van der Waals surface area contributed by atoms with Crippen LogP contribution in [0.3, 0.4) is 0 Å². The van der Waals surface area contributed by atoms with Gasteiger partial charge in [-0.25, -0.2) is 0 Å². The Hall–Kier alpha value is -0.650. The lowest BCUT2D eigenvalue weighted by Gasteiger charge is -2.26. The molecule has 1 amide bonds. The summed E-state index contributed by atoms with van der Waals surface area (Å²) in [5.74, 6) is -0.297. The van der Waals surface area contributed by atoms with Crippen LogP contribution in [0, 0.1) is 0 Å². The lowest BCUT2D eigenvalue weighted by Crippen LogP contribution is -2.51. The van der Waals surface area contributed by atoms with Gasteiger partial charge in [-0.1, -0.05) is 0 Å². The van der Waals surface area contributed by atoms with E-state index < -0.39 is 5.54 Å². The molecule has 0 radical (unpaired) electrons. The fourth-order valence-corrected chi connectivity index (χ4v) is 1.43. The second kappa shape index (κ2) is 7.60. The molecule has 0 saturated carbocycles. The minimum atomic E-state index is -0.595. The van der Waals surface area contributed by atoms with Crippen molar-refractivity contribution in [1.82, 2.24) is 10.2 Å². The molecule has 0 rings (SSSR count). The van der Waals surface area contributed by atoms with Crippen LogP contribution in [0.4, 0.5) is 0 Å². The molecule has 3 N–H and O–H groups in total. The number of ether oxygens (including phenoxy) is 1. The number of carbonyl (C=O) groups excluding carboxylic acids is 1. The highest BCUT2D eigenvalue weighted by atomic mass is 16.5. The summed E-state index contributed by atoms with van der Waals surface area (Å²) >= 11 is 0. The molecule has 5 heteroatoms. The Morgan fingerprint density at radius 3 is 2.56 bits per heavy atom. The molecule has 0 spiro atoms. The first-order valence-electron chi connectivity index (χ1n) is 5.62. The molecule has 1 unspecified atom stereocenters. The average Bonchev–Trinajstić information content (AvgIpc) is 2.25. The van der Waals surface area contributed by atoms with Crippen LogP contribution >= 0.6 is 0 Å². The van der Waals surface area contributed by atoms with Gasteiger partial charge >= 0.3 is 0 Å². The van der Waals surface area contributed by atoms with E-state index in [1.807, 2.05) is 14.0 Å². The summed E-state index contributed by atoms with van der Waals surface area (Å²) in [5.41, 5.74) is 4.75. The molecule has 96 valence electrons. The average molecular weight is 231 g/mol. The summed E-state index contributed by atoms with van der Waals surface area (Å²) in [7, 11) is 5.50. The minimum absolute atomic E-state index is 0.297. The van der Waals surface area contributed by atoms with Gasteiger partial charge in [0.25, 0.3) is 0 Å². The van der Waals surface area contributed by atoms with Gasteiger partial charge in [0.05, 0.1) is 12.1 Å². The van der Waals surface area contributed by atoms with E-state index in [9.17, 15) is 4.79 Å². The van der Waals surface area contributed by atoms with Crippen LogP contribution in [0.25, 0.3) is 0 Å². The Bertz CT molecular complexity index is 211. The Labute approximate surface area is 98.3 Å². The standard InChI is InChI=1S/C11H25N3O2/c1-11(13-2,10(12)15)6-5-7-14(3)8-9-16-4/h13H,5-9H2,1-4H3,(H2,12,15). The molecule has 0 bridgehead atoms. The van der Waals surface area contributed by atoms with Crippen molar-refractivity contribution in [1.29, 1.82) is 0 Å². The van der Waals surface area contributed by atoms with Gasteiger partial charge in [0.15, 0.2) is 0 Å². The molecule has 0 aliphatic rings. The van der Waals surface area contributed by atoms with E-state index in [0.717, 1.165) is 32.5 Å². The van der Waals surface area contributed by atoms with Gasteiger partial charge in [-0.2, -0.15) is 0 Å². The second-order valence-corrected chi connectivity index (χ2v) is 4.35. The van der Waals surface area contributed by atoms with E-state index in [1.165, 1.54) is 0 Å². The van der Waals surface area contributed by atoms with Crippen molar-refractivity contribution in [2.75, 3.05) is 40.9 Å². The maximum absolute atomic E-state index is 11.2. The molecule has 0 heterocycles. The first kappa shape index (κ1) is 15.3. The van der Waals surface area contributed by atoms with Gasteiger partial charge in [-0.3, -0.25) is 4.79 Å². The summed E-state index contributed by atoms with van der Waals surface area (Å²) in [4.78, 5) is 13.4. The number of likely N-dealkylation sites (N-methyl/N-ethyl adjacent to an activating group) is 2. The number of nitrogens with zero attached hydrogens (tertiary/aromatic N) is 1. The van der Waals surface area contributed by atoms with Crippen LogP contribution < -0.4 is 11.1 Å². The van der Waals surface area contributed by atoms with Gasteiger partial charge in [0, 0.05) is 13.7 Å². The van der Waals surface area contributed by atoms with Crippen molar-refractivity contribution in [3.8, 4) is 0 Å². The lowest BCUT2D eigenvalue weighted by molar-refractivity contribution is -0.123. The zero-order valence-corrected chi connectivity index (χ0v) is 10.9. The number of primary amides is 1. The molecule has 0 aromatic rings. The van der Waals surface area contributed by atoms with Crippen molar-refractivity contribution in [2.24, 2.45) is 5.73 Å². The second-order valence-electron chi connectivity index (χ2n) is 4.35.